The van der Waals surface area contributed by atoms with Crippen LogP contribution < -0.4 is 5.32 Å². The summed E-state index contributed by atoms with van der Waals surface area (Å²) in [5.41, 5.74) is 0.197. The Hall–Kier alpha value is -0.960. The summed E-state index contributed by atoms with van der Waals surface area (Å²) in [6, 6.07) is 3.99. The van der Waals surface area contributed by atoms with E-state index in [1.807, 2.05) is 14.0 Å². The van der Waals surface area contributed by atoms with Crippen molar-refractivity contribution in [3.8, 4) is 0 Å². The molecule has 0 spiro atoms. The van der Waals surface area contributed by atoms with E-state index in [-0.39, 0.29) is 11.5 Å². The number of rotatable bonds is 4. The van der Waals surface area contributed by atoms with Crippen LogP contribution in [-0.4, -0.2) is 13.6 Å². The Morgan fingerprint density at radius 2 is 1.86 bits per heavy atom. The van der Waals surface area contributed by atoms with Crippen LogP contribution in [0.1, 0.15) is 24.8 Å². The molecule has 0 aromatic heterocycles. The summed E-state index contributed by atoms with van der Waals surface area (Å²) in [4.78, 5) is 0. The first-order chi connectivity index (χ1) is 6.66. The third-order valence-electron chi connectivity index (χ3n) is 2.32. The Morgan fingerprint density at radius 1 is 1.29 bits per heavy atom. The minimum Gasteiger partial charge on any atom is -0.320 e. The molecule has 78 valence electrons. The van der Waals surface area contributed by atoms with Crippen LogP contribution in [0.25, 0.3) is 0 Å². The van der Waals surface area contributed by atoms with Crippen molar-refractivity contribution >= 4 is 0 Å². The van der Waals surface area contributed by atoms with Gasteiger partial charge in [0, 0.05) is 5.56 Å². The molecule has 0 aliphatic rings. The fourth-order valence-corrected chi connectivity index (χ4v) is 1.49. The maximum Gasteiger partial charge on any atom is 0.129 e. The van der Waals surface area contributed by atoms with Crippen molar-refractivity contribution in [2.45, 2.75) is 19.3 Å². The van der Waals surface area contributed by atoms with Gasteiger partial charge in [0.15, 0.2) is 0 Å². The topological polar surface area (TPSA) is 12.0 Å². The molecule has 1 unspecified atom stereocenters. The highest BCUT2D eigenvalue weighted by Crippen LogP contribution is 2.24. The molecule has 0 aliphatic carbocycles. The SMILES string of the molecule is CNCCC(C)c1c(F)cccc1F. The monoisotopic (exact) mass is 199 g/mol. The summed E-state index contributed by atoms with van der Waals surface area (Å²) in [5, 5.41) is 2.96. The van der Waals surface area contributed by atoms with Crippen molar-refractivity contribution in [2.75, 3.05) is 13.6 Å². The predicted molar refractivity (Wildman–Crippen MR) is 53.3 cm³/mol. The lowest BCUT2D eigenvalue weighted by Crippen LogP contribution is -2.12. The predicted octanol–water partition coefficient (Wildman–Crippen LogP) is 2.68. The minimum atomic E-state index is -0.450. The highest BCUT2D eigenvalue weighted by Gasteiger charge is 2.14. The van der Waals surface area contributed by atoms with Crippen LogP contribution in [-0.2, 0) is 0 Å². The van der Waals surface area contributed by atoms with E-state index >= 15 is 0 Å². The van der Waals surface area contributed by atoms with Gasteiger partial charge in [-0.3, -0.25) is 0 Å². The maximum atomic E-state index is 13.3. The maximum absolute atomic E-state index is 13.3. The molecule has 1 nitrogen and oxygen atoms in total. The number of nitrogens with one attached hydrogen (secondary N) is 1. The van der Waals surface area contributed by atoms with E-state index < -0.39 is 11.6 Å². The van der Waals surface area contributed by atoms with E-state index in [9.17, 15) is 8.78 Å². The first-order valence-electron chi connectivity index (χ1n) is 4.75. The van der Waals surface area contributed by atoms with Gasteiger partial charge in [0.1, 0.15) is 11.6 Å². The van der Waals surface area contributed by atoms with Gasteiger partial charge < -0.3 is 5.32 Å². The van der Waals surface area contributed by atoms with E-state index in [2.05, 4.69) is 5.32 Å². The summed E-state index contributed by atoms with van der Waals surface area (Å²) in [5.74, 6) is -0.995. The highest BCUT2D eigenvalue weighted by atomic mass is 19.1. The van der Waals surface area contributed by atoms with E-state index in [0.717, 1.165) is 13.0 Å². The summed E-state index contributed by atoms with van der Waals surface area (Å²) in [7, 11) is 1.82. The molecule has 3 heteroatoms. The van der Waals surface area contributed by atoms with Crippen molar-refractivity contribution in [2.24, 2.45) is 0 Å². The zero-order valence-corrected chi connectivity index (χ0v) is 8.48. The van der Waals surface area contributed by atoms with Crippen LogP contribution >= 0.6 is 0 Å². The Bertz CT molecular complexity index is 279. The Kier molecular flexibility index (Phi) is 4.01. The van der Waals surface area contributed by atoms with Crippen LogP contribution in [0.3, 0.4) is 0 Å². The molecular weight excluding hydrogens is 184 g/mol. The molecule has 1 atom stereocenters. The molecule has 1 aromatic carbocycles. The average molecular weight is 199 g/mol. The molecule has 0 aliphatic heterocycles. The molecule has 0 amide bonds. The summed E-state index contributed by atoms with van der Waals surface area (Å²) < 4.78 is 26.5. The first kappa shape index (κ1) is 11.1. The highest BCUT2D eigenvalue weighted by molar-refractivity contribution is 5.23. The van der Waals surface area contributed by atoms with Gasteiger partial charge in [-0.15, -0.1) is 0 Å². The van der Waals surface area contributed by atoms with Gasteiger partial charge in [-0.05, 0) is 38.1 Å². The molecule has 1 N–H and O–H groups in total. The molecule has 0 radical (unpaired) electrons. The third kappa shape index (κ3) is 2.51. The number of hydrogen-bond acceptors (Lipinski definition) is 1. The second-order valence-electron chi connectivity index (χ2n) is 3.43. The fraction of sp³-hybridized carbons (Fsp3) is 0.455. The smallest absolute Gasteiger partial charge is 0.129 e. The standard InChI is InChI=1S/C11H15F2N/c1-8(6-7-14-2)11-9(12)4-3-5-10(11)13/h3-5,8,14H,6-7H2,1-2H3. The molecule has 0 bridgehead atoms. The summed E-state index contributed by atoms with van der Waals surface area (Å²) in [6.45, 7) is 2.59. The van der Waals surface area contributed by atoms with E-state index in [1.54, 1.807) is 0 Å². The van der Waals surface area contributed by atoms with Gasteiger partial charge in [-0.25, -0.2) is 8.78 Å². The summed E-state index contributed by atoms with van der Waals surface area (Å²) in [6.07, 6.45) is 0.731. The van der Waals surface area contributed by atoms with E-state index in [1.165, 1.54) is 18.2 Å². The zero-order valence-electron chi connectivity index (χ0n) is 8.48. The van der Waals surface area contributed by atoms with Gasteiger partial charge in [-0.2, -0.15) is 0 Å². The third-order valence-corrected chi connectivity index (χ3v) is 2.32. The number of benzene rings is 1. The molecule has 1 rings (SSSR count). The van der Waals surface area contributed by atoms with Crippen molar-refractivity contribution in [1.82, 2.24) is 5.32 Å². The largest absolute Gasteiger partial charge is 0.320 e. The Morgan fingerprint density at radius 3 is 2.36 bits per heavy atom. The second-order valence-corrected chi connectivity index (χ2v) is 3.43. The van der Waals surface area contributed by atoms with Crippen molar-refractivity contribution in [3.63, 3.8) is 0 Å². The van der Waals surface area contributed by atoms with Gasteiger partial charge in [0.25, 0.3) is 0 Å². The number of hydrogen-bond donors (Lipinski definition) is 1. The Balaban J connectivity index is 2.82. The van der Waals surface area contributed by atoms with Crippen LogP contribution in [0, 0.1) is 11.6 Å². The fourth-order valence-electron chi connectivity index (χ4n) is 1.49. The van der Waals surface area contributed by atoms with E-state index in [4.69, 9.17) is 0 Å². The summed E-state index contributed by atoms with van der Waals surface area (Å²) >= 11 is 0. The quantitative estimate of drug-likeness (QED) is 0.786. The lowest BCUT2D eigenvalue weighted by atomic mass is 9.97. The molecular formula is C11H15F2N. The van der Waals surface area contributed by atoms with Crippen LogP contribution in [0.2, 0.25) is 0 Å². The van der Waals surface area contributed by atoms with Crippen molar-refractivity contribution < 1.29 is 8.78 Å². The van der Waals surface area contributed by atoms with Crippen LogP contribution in [0.4, 0.5) is 8.78 Å². The lowest BCUT2D eigenvalue weighted by molar-refractivity contribution is 0.516. The molecule has 0 heterocycles. The normalized spacial score (nSPS) is 12.9. The van der Waals surface area contributed by atoms with Crippen LogP contribution in [0.5, 0.6) is 0 Å². The molecule has 0 saturated carbocycles. The minimum absolute atomic E-state index is 0.0938. The number of halogens is 2. The van der Waals surface area contributed by atoms with Gasteiger partial charge in [0.05, 0.1) is 0 Å². The lowest BCUT2D eigenvalue weighted by Gasteiger charge is -2.13. The van der Waals surface area contributed by atoms with Gasteiger partial charge >= 0.3 is 0 Å². The van der Waals surface area contributed by atoms with E-state index in [0.29, 0.717) is 0 Å². The van der Waals surface area contributed by atoms with Crippen molar-refractivity contribution in [1.29, 1.82) is 0 Å². The van der Waals surface area contributed by atoms with Gasteiger partial charge in [0.2, 0.25) is 0 Å². The molecule has 0 fully saturated rings. The molecule has 14 heavy (non-hydrogen) atoms. The first-order valence-corrected chi connectivity index (χ1v) is 4.75. The second kappa shape index (κ2) is 5.05. The van der Waals surface area contributed by atoms with Gasteiger partial charge in [-0.1, -0.05) is 13.0 Å². The molecule has 1 aromatic rings. The van der Waals surface area contributed by atoms with Crippen molar-refractivity contribution in [3.05, 3.63) is 35.4 Å². The Labute approximate surface area is 83.1 Å². The zero-order chi connectivity index (χ0) is 10.6. The van der Waals surface area contributed by atoms with Crippen LogP contribution in [0.15, 0.2) is 18.2 Å². The average Bonchev–Trinajstić information content (AvgIpc) is 2.14. The molecule has 0 saturated heterocycles.